The number of aromatic amines is 1. The van der Waals surface area contributed by atoms with E-state index in [0.717, 1.165) is 16.9 Å². The van der Waals surface area contributed by atoms with Crippen LogP contribution in [0.2, 0.25) is 0 Å². The summed E-state index contributed by atoms with van der Waals surface area (Å²) in [6.07, 6.45) is 3.13. The van der Waals surface area contributed by atoms with Crippen molar-refractivity contribution >= 4 is 38.1 Å². The minimum Gasteiger partial charge on any atom is -0.495 e. The number of hydrogen-bond donors (Lipinski definition) is 2. The van der Waals surface area contributed by atoms with Crippen molar-refractivity contribution in [2.45, 2.75) is 4.21 Å². The minimum atomic E-state index is -3.69. The summed E-state index contributed by atoms with van der Waals surface area (Å²) in [6, 6.07) is 8.38. The van der Waals surface area contributed by atoms with Crippen LogP contribution in [0.3, 0.4) is 0 Å². The summed E-state index contributed by atoms with van der Waals surface area (Å²) in [5.41, 5.74) is 2.44. The molecule has 4 rings (SSSR count). The Morgan fingerprint density at radius 1 is 1.19 bits per heavy atom. The minimum absolute atomic E-state index is 0.228. The Morgan fingerprint density at radius 2 is 2.04 bits per heavy atom. The molecule has 0 saturated carbocycles. The number of anilines is 1. The summed E-state index contributed by atoms with van der Waals surface area (Å²) >= 11 is 1.14. The van der Waals surface area contributed by atoms with Gasteiger partial charge < -0.3 is 9.72 Å². The van der Waals surface area contributed by atoms with Crippen molar-refractivity contribution in [3.8, 4) is 17.1 Å². The number of aromatic nitrogens is 4. The standard InChI is InChI=1S/C16H13N5O3S2/c1-24-14-5-4-10(16-19-12-8-17-18-9-13(12)20-16)7-11(14)21-26(22,23)15-3-2-6-25-15/h2-9,21H,1H3,(H,19,20). The predicted molar refractivity (Wildman–Crippen MR) is 98.8 cm³/mol. The normalized spacial score (nSPS) is 11.6. The van der Waals surface area contributed by atoms with Crippen molar-refractivity contribution in [3.63, 3.8) is 0 Å². The third-order valence-electron chi connectivity index (χ3n) is 3.67. The van der Waals surface area contributed by atoms with Crippen molar-refractivity contribution in [2.75, 3.05) is 11.8 Å². The molecular formula is C16H13N5O3S2. The number of thiophene rings is 1. The first-order valence-corrected chi connectivity index (χ1v) is 9.84. The molecule has 1 aromatic carbocycles. The molecule has 0 bridgehead atoms. The van der Waals surface area contributed by atoms with Crippen molar-refractivity contribution in [2.24, 2.45) is 0 Å². The first kappa shape index (κ1) is 16.5. The largest absolute Gasteiger partial charge is 0.495 e. The van der Waals surface area contributed by atoms with Crippen LogP contribution in [0.25, 0.3) is 22.4 Å². The van der Waals surface area contributed by atoms with E-state index in [-0.39, 0.29) is 4.21 Å². The first-order valence-electron chi connectivity index (χ1n) is 7.48. The van der Waals surface area contributed by atoms with E-state index in [1.807, 2.05) is 0 Å². The van der Waals surface area contributed by atoms with Crippen LogP contribution in [0.1, 0.15) is 0 Å². The summed E-state index contributed by atoms with van der Waals surface area (Å²) in [5.74, 6) is 0.988. The molecule has 0 atom stereocenters. The molecule has 2 N–H and O–H groups in total. The Hall–Kier alpha value is -2.98. The maximum atomic E-state index is 12.5. The van der Waals surface area contributed by atoms with Gasteiger partial charge in [-0.25, -0.2) is 13.4 Å². The molecular weight excluding hydrogens is 374 g/mol. The van der Waals surface area contributed by atoms with Crippen LogP contribution in [0.4, 0.5) is 5.69 Å². The quantitative estimate of drug-likeness (QED) is 0.545. The molecule has 0 aliphatic rings. The molecule has 0 saturated heterocycles. The number of nitrogens with one attached hydrogen (secondary N) is 2. The van der Waals surface area contributed by atoms with Crippen LogP contribution >= 0.6 is 11.3 Å². The molecule has 0 aliphatic carbocycles. The van der Waals surface area contributed by atoms with Crippen LogP contribution in [0, 0.1) is 0 Å². The lowest BCUT2D eigenvalue weighted by molar-refractivity contribution is 0.417. The second-order valence-electron chi connectivity index (χ2n) is 5.33. The second kappa shape index (κ2) is 6.39. The molecule has 132 valence electrons. The molecule has 0 radical (unpaired) electrons. The average Bonchev–Trinajstić information content (AvgIpc) is 3.31. The van der Waals surface area contributed by atoms with E-state index < -0.39 is 10.0 Å². The Morgan fingerprint density at radius 3 is 2.77 bits per heavy atom. The average molecular weight is 387 g/mol. The van der Waals surface area contributed by atoms with Gasteiger partial charge in [0.2, 0.25) is 0 Å². The van der Waals surface area contributed by atoms with Gasteiger partial charge in [0.1, 0.15) is 21.3 Å². The number of methoxy groups -OCH3 is 1. The number of imidazole rings is 1. The molecule has 0 spiro atoms. The van der Waals surface area contributed by atoms with Gasteiger partial charge in [-0.2, -0.15) is 10.2 Å². The van der Waals surface area contributed by atoms with Crippen molar-refractivity contribution in [1.82, 2.24) is 20.2 Å². The molecule has 0 aliphatic heterocycles. The Labute approximate surface area is 152 Å². The summed E-state index contributed by atoms with van der Waals surface area (Å²) in [5, 5.41) is 9.32. The van der Waals surface area contributed by atoms with Crippen molar-refractivity contribution in [3.05, 3.63) is 48.1 Å². The summed E-state index contributed by atoms with van der Waals surface area (Å²) < 4.78 is 33.1. The molecule has 0 unspecified atom stereocenters. The van der Waals surface area contributed by atoms with Gasteiger partial charge in [-0.3, -0.25) is 4.72 Å². The lowest BCUT2D eigenvalue weighted by Crippen LogP contribution is -2.12. The van der Waals surface area contributed by atoms with E-state index in [9.17, 15) is 8.42 Å². The third-order valence-corrected chi connectivity index (χ3v) is 6.43. The number of nitrogens with zero attached hydrogens (tertiary/aromatic N) is 3. The number of fused-ring (bicyclic) bond motifs is 1. The zero-order chi connectivity index (χ0) is 18.1. The monoisotopic (exact) mass is 387 g/mol. The number of ether oxygens (including phenoxy) is 1. The molecule has 10 heteroatoms. The predicted octanol–water partition coefficient (Wildman–Crippen LogP) is 2.89. The van der Waals surface area contributed by atoms with Crippen LogP contribution in [0.15, 0.2) is 52.3 Å². The zero-order valence-corrected chi connectivity index (χ0v) is 15.1. The highest BCUT2D eigenvalue weighted by Crippen LogP contribution is 2.32. The highest BCUT2D eigenvalue weighted by molar-refractivity contribution is 7.94. The van der Waals surface area contributed by atoms with Crippen LogP contribution in [0.5, 0.6) is 5.75 Å². The molecule has 3 aromatic heterocycles. The van der Waals surface area contributed by atoms with E-state index in [2.05, 4.69) is 24.9 Å². The maximum absolute atomic E-state index is 12.5. The second-order valence-corrected chi connectivity index (χ2v) is 8.18. The lowest BCUT2D eigenvalue weighted by Gasteiger charge is -2.12. The molecule has 0 fully saturated rings. The number of hydrogen-bond acceptors (Lipinski definition) is 7. The van der Waals surface area contributed by atoms with Gasteiger partial charge in [-0.1, -0.05) is 6.07 Å². The molecule has 0 amide bonds. The maximum Gasteiger partial charge on any atom is 0.271 e. The number of sulfonamides is 1. The molecule has 4 aromatic rings. The Bertz CT molecular complexity index is 1140. The summed E-state index contributed by atoms with van der Waals surface area (Å²) in [6.45, 7) is 0. The number of H-pyrrole nitrogens is 1. The van der Waals surface area contributed by atoms with Gasteiger partial charge in [-0.05, 0) is 29.6 Å². The Kier molecular flexibility index (Phi) is 4.05. The number of benzene rings is 1. The molecule has 3 heterocycles. The summed E-state index contributed by atoms with van der Waals surface area (Å²) in [4.78, 5) is 7.59. The Balaban J connectivity index is 1.76. The van der Waals surface area contributed by atoms with Gasteiger partial charge >= 0.3 is 0 Å². The zero-order valence-electron chi connectivity index (χ0n) is 13.5. The third kappa shape index (κ3) is 3.00. The van der Waals surface area contributed by atoms with Crippen LogP contribution < -0.4 is 9.46 Å². The topological polar surface area (TPSA) is 110 Å². The fourth-order valence-corrected chi connectivity index (χ4v) is 4.51. The van der Waals surface area contributed by atoms with Gasteiger partial charge in [0.25, 0.3) is 10.0 Å². The van der Waals surface area contributed by atoms with Gasteiger partial charge in [0, 0.05) is 5.56 Å². The molecule has 26 heavy (non-hydrogen) atoms. The lowest BCUT2D eigenvalue weighted by atomic mass is 10.2. The highest BCUT2D eigenvalue weighted by Gasteiger charge is 2.18. The van der Waals surface area contributed by atoms with E-state index in [1.54, 1.807) is 48.1 Å². The van der Waals surface area contributed by atoms with E-state index in [0.29, 0.717) is 28.3 Å². The molecule has 8 nitrogen and oxygen atoms in total. The first-order chi connectivity index (χ1) is 12.6. The van der Waals surface area contributed by atoms with E-state index in [4.69, 9.17) is 4.74 Å². The van der Waals surface area contributed by atoms with Crippen molar-refractivity contribution < 1.29 is 13.2 Å². The van der Waals surface area contributed by atoms with Crippen molar-refractivity contribution in [1.29, 1.82) is 0 Å². The smallest absolute Gasteiger partial charge is 0.271 e. The van der Waals surface area contributed by atoms with E-state index >= 15 is 0 Å². The fourth-order valence-electron chi connectivity index (χ4n) is 2.46. The van der Waals surface area contributed by atoms with Crippen LogP contribution in [-0.4, -0.2) is 35.7 Å². The van der Waals surface area contributed by atoms with Gasteiger partial charge in [-0.15, -0.1) is 11.3 Å². The summed E-state index contributed by atoms with van der Waals surface area (Å²) in [7, 11) is -2.21. The van der Waals surface area contributed by atoms with E-state index in [1.165, 1.54) is 7.11 Å². The fraction of sp³-hybridized carbons (Fsp3) is 0.0625. The van der Waals surface area contributed by atoms with Crippen LogP contribution in [-0.2, 0) is 10.0 Å². The van der Waals surface area contributed by atoms with Gasteiger partial charge in [0.15, 0.2) is 0 Å². The SMILES string of the molecule is COc1ccc(-c2nc3cnncc3[nH]2)cc1NS(=O)(=O)c1cccs1. The number of rotatable bonds is 5. The van der Waals surface area contributed by atoms with Gasteiger partial charge in [0.05, 0.1) is 30.7 Å². The highest BCUT2D eigenvalue weighted by atomic mass is 32.2.